The number of nitrogens with zero attached hydrogens (tertiary/aromatic N) is 1. The highest BCUT2D eigenvalue weighted by Gasteiger charge is 2.27. The maximum absolute atomic E-state index is 12.8. The Morgan fingerprint density at radius 3 is 2.50 bits per heavy atom. The molecule has 6 heteroatoms. The third-order valence-electron chi connectivity index (χ3n) is 5.13. The van der Waals surface area contributed by atoms with Crippen molar-refractivity contribution in [3.05, 3.63) is 59.3 Å². The number of pyridine rings is 1. The number of aromatic nitrogens is 1. The smallest absolute Gasteiger partial charge is 0.306 e. The van der Waals surface area contributed by atoms with E-state index in [1.54, 1.807) is 11.8 Å². The van der Waals surface area contributed by atoms with Gasteiger partial charge in [0.2, 0.25) is 0 Å². The first kappa shape index (κ1) is 20.4. The fourth-order valence-corrected chi connectivity index (χ4v) is 4.53. The van der Waals surface area contributed by atoms with E-state index in [1.165, 1.54) is 5.56 Å². The van der Waals surface area contributed by atoms with Crippen molar-refractivity contribution in [3.8, 4) is 0 Å². The Bertz CT molecular complexity index is 818. The number of rotatable bonds is 7. The lowest BCUT2D eigenvalue weighted by molar-refractivity contribution is -0.142. The number of carboxylic acid groups (broad SMARTS) is 1. The van der Waals surface area contributed by atoms with Crippen molar-refractivity contribution in [1.29, 1.82) is 0 Å². The number of carboxylic acids is 1. The van der Waals surface area contributed by atoms with Crippen LogP contribution >= 0.6 is 11.8 Å². The molecule has 5 nitrogen and oxygen atoms in total. The molecule has 148 valence electrons. The zero-order valence-electron chi connectivity index (χ0n) is 16.1. The summed E-state index contributed by atoms with van der Waals surface area (Å²) in [4.78, 5) is 28.5. The molecule has 0 spiro atoms. The van der Waals surface area contributed by atoms with Gasteiger partial charge in [-0.2, -0.15) is 0 Å². The summed E-state index contributed by atoms with van der Waals surface area (Å²) in [6.07, 6.45) is 3.56. The molecule has 0 aliphatic heterocycles. The number of carbonyl (C=O) groups is 2. The van der Waals surface area contributed by atoms with Gasteiger partial charge in [-0.1, -0.05) is 30.3 Å². The summed E-state index contributed by atoms with van der Waals surface area (Å²) in [6, 6.07) is 14.0. The van der Waals surface area contributed by atoms with Crippen LogP contribution in [0.5, 0.6) is 0 Å². The van der Waals surface area contributed by atoms with E-state index >= 15 is 0 Å². The molecule has 1 amide bonds. The van der Waals surface area contributed by atoms with Gasteiger partial charge in [-0.25, -0.2) is 4.98 Å². The Morgan fingerprint density at radius 2 is 1.82 bits per heavy atom. The number of benzene rings is 1. The molecule has 3 rings (SSSR count). The molecule has 1 heterocycles. The Labute approximate surface area is 170 Å². The van der Waals surface area contributed by atoms with Crippen LogP contribution in [0.25, 0.3) is 0 Å². The summed E-state index contributed by atoms with van der Waals surface area (Å²) in [5.74, 6) is -0.277. The molecule has 1 aromatic heterocycles. The molecular formula is C22H26N2O3S. The average Bonchev–Trinajstić information content (AvgIpc) is 2.69. The van der Waals surface area contributed by atoms with Crippen LogP contribution in [0, 0.1) is 12.8 Å². The molecule has 28 heavy (non-hydrogen) atoms. The number of hydrogen-bond acceptors (Lipinski definition) is 4. The van der Waals surface area contributed by atoms with Gasteiger partial charge < -0.3 is 10.4 Å². The second kappa shape index (κ2) is 9.73. The van der Waals surface area contributed by atoms with Crippen molar-refractivity contribution >= 4 is 23.6 Å². The van der Waals surface area contributed by atoms with Gasteiger partial charge in [0.15, 0.2) is 0 Å². The summed E-state index contributed by atoms with van der Waals surface area (Å²) < 4.78 is 0. The number of nitrogens with one attached hydrogen (secondary N) is 1. The Hall–Kier alpha value is -2.34. The molecule has 0 radical (unpaired) electrons. The van der Waals surface area contributed by atoms with E-state index in [0.29, 0.717) is 31.2 Å². The topological polar surface area (TPSA) is 79.3 Å². The maximum atomic E-state index is 12.8. The van der Waals surface area contributed by atoms with Crippen LogP contribution in [0.1, 0.15) is 47.3 Å². The van der Waals surface area contributed by atoms with E-state index in [-0.39, 0.29) is 17.9 Å². The second-order valence-electron chi connectivity index (χ2n) is 7.25. The Balaban J connectivity index is 1.59. The van der Waals surface area contributed by atoms with Crippen LogP contribution in [0.15, 0.2) is 47.5 Å². The summed E-state index contributed by atoms with van der Waals surface area (Å²) in [5, 5.41) is 12.9. The molecular weight excluding hydrogens is 372 g/mol. The van der Waals surface area contributed by atoms with Crippen LogP contribution in [-0.2, 0) is 11.2 Å². The first-order valence-corrected chi connectivity index (χ1v) is 10.7. The van der Waals surface area contributed by atoms with Gasteiger partial charge in [-0.3, -0.25) is 9.59 Å². The number of aryl methyl sites for hydroxylation is 2. The zero-order valence-corrected chi connectivity index (χ0v) is 16.9. The molecule has 2 N–H and O–H groups in total. The van der Waals surface area contributed by atoms with Crippen molar-refractivity contribution in [2.24, 2.45) is 5.92 Å². The molecule has 1 saturated carbocycles. The number of amides is 1. The first-order valence-electron chi connectivity index (χ1n) is 9.71. The van der Waals surface area contributed by atoms with E-state index in [9.17, 15) is 9.59 Å². The predicted molar refractivity (Wildman–Crippen MR) is 111 cm³/mol. The molecule has 2 aromatic rings. The monoisotopic (exact) mass is 398 g/mol. The highest BCUT2D eigenvalue weighted by Crippen LogP contribution is 2.26. The summed E-state index contributed by atoms with van der Waals surface area (Å²) >= 11 is 1.60. The van der Waals surface area contributed by atoms with Crippen molar-refractivity contribution < 1.29 is 14.7 Å². The van der Waals surface area contributed by atoms with Gasteiger partial charge in [-0.05, 0) is 56.7 Å². The Morgan fingerprint density at radius 1 is 1.11 bits per heavy atom. The SMILES string of the molecule is Cc1ccc(C(=O)N[C@H]2CC[C@@H](C(=O)O)CC2)c(SCCc2ccccc2)n1. The van der Waals surface area contributed by atoms with Crippen molar-refractivity contribution in [3.63, 3.8) is 0 Å². The minimum atomic E-state index is -0.732. The van der Waals surface area contributed by atoms with Crippen LogP contribution in [0.3, 0.4) is 0 Å². The molecule has 0 atom stereocenters. The highest BCUT2D eigenvalue weighted by molar-refractivity contribution is 7.99. The lowest BCUT2D eigenvalue weighted by Gasteiger charge is -2.27. The largest absolute Gasteiger partial charge is 0.481 e. The third kappa shape index (κ3) is 5.58. The van der Waals surface area contributed by atoms with E-state index in [1.807, 2.05) is 37.3 Å². The fraction of sp³-hybridized carbons (Fsp3) is 0.409. The first-order chi connectivity index (χ1) is 13.5. The number of carbonyl (C=O) groups excluding carboxylic acids is 1. The van der Waals surface area contributed by atoms with Crippen LogP contribution in [0.4, 0.5) is 0 Å². The lowest BCUT2D eigenvalue weighted by Crippen LogP contribution is -2.39. The van der Waals surface area contributed by atoms with E-state index in [4.69, 9.17) is 5.11 Å². The van der Waals surface area contributed by atoms with Crippen molar-refractivity contribution in [2.45, 2.75) is 50.1 Å². The molecule has 1 aliphatic rings. The molecule has 1 fully saturated rings. The minimum Gasteiger partial charge on any atom is -0.481 e. The van der Waals surface area contributed by atoms with E-state index < -0.39 is 5.97 Å². The minimum absolute atomic E-state index is 0.0339. The summed E-state index contributed by atoms with van der Waals surface area (Å²) in [6.45, 7) is 1.93. The zero-order chi connectivity index (χ0) is 19.9. The average molecular weight is 399 g/mol. The summed E-state index contributed by atoms with van der Waals surface area (Å²) in [5.41, 5.74) is 2.76. The number of thioether (sulfide) groups is 1. The van der Waals surface area contributed by atoms with Crippen LogP contribution in [-0.4, -0.2) is 33.8 Å². The molecule has 0 bridgehead atoms. The van der Waals surface area contributed by atoms with Crippen LogP contribution < -0.4 is 5.32 Å². The van der Waals surface area contributed by atoms with Gasteiger partial charge in [0.25, 0.3) is 5.91 Å². The summed E-state index contributed by atoms with van der Waals surface area (Å²) in [7, 11) is 0. The van der Waals surface area contributed by atoms with E-state index in [2.05, 4.69) is 22.4 Å². The number of aliphatic carboxylic acids is 1. The van der Waals surface area contributed by atoms with Crippen molar-refractivity contribution in [1.82, 2.24) is 10.3 Å². The second-order valence-corrected chi connectivity index (χ2v) is 8.33. The maximum Gasteiger partial charge on any atom is 0.306 e. The van der Waals surface area contributed by atoms with Crippen molar-refractivity contribution in [2.75, 3.05) is 5.75 Å². The lowest BCUT2D eigenvalue weighted by atomic mass is 9.86. The van der Waals surface area contributed by atoms with Gasteiger partial charge in [0.1, 0.15) is 5.03 Å². The quantitative estimate of drug-likeness (QED) is 0.687. The van der Waals surface area contributed by atoms with Gasteiger partial charge in [0, 0.05) is 17.5 Å². The third-order valence-corrected chi connectivity index (χ3v) is 6.12. The normalized spacial score (nSPS) is 19.2. The standard InChI is InChI=1S/C22H26N2O3S/c1-15-7-12-19(20(25)24-18-10-8-17(9-11-18)22(26)27)21(23-15)28-14-13-16-5-3-2-4-6-16/h2-7,12,17-18H,8-11,13-14H2,1H3,(H,24,25)(H,26,27)/t17-,18+. The van der Waals surface area contributed by atoms with Crippen LogP contribution in [0.2, 0.25) is 0 Å². The molecule has 0 saturated heterocycles. The van der Waals surface area contributed by atoms with Gasteiger partial charge in [-0.15, -0.1) is 11.8 Å². The fourth-order valence-electron chi connectivity index (χ4n) is 3.47. The molecule has 0 unspecified atom stereocenters. The number of hydrogen-bond donors (Lipinski definition) is 2. The molecule has 1 aromatic carbocycles. The predicted octanol–water partition coefficient (Wildman–Crippen LogP) is 4.10. The van der Waals surface area contributed by atoms with Gasteiger partial charge >= 0.3 is 5.97 Å². The van der Waals surface area contributed by atoms with Gasteiger partial charge in [0.05, 0.1) is 11.5 Å². The van der Waals surface area contributed by atoms with E-state index in [0.717, 1.165) is 22.9 Å². The molecule has 1 aliphatic carbocycles. The highest BCUT2D eigenvalue weighted by atomic mass is 32.2. The Kier molecular flexibility index (Phi) is 7.09.